The van der Waals surface area contributed by atoms with Crippen LogP contribution in [0.15, 0.2) is 4.79 Å². The summed E-state index contributed by atoms with van der Waals surface area (Å²) in [6, 6.07) is 0. The maximum absolute atomic E-state index is 14.0. The van der Waals surface area contributed by atoms with E-state index in [9.17, 15) is 14.3 Å². The number of hydrogen-bond acceptors (Lipinski definition) is 5. The SMILES string of the molecule is C#Cc1[nH]c(=O)c(C)nc1[C@@H]1O[C@H](CO)C(O)[C@@H]1F. The van der Waals surface area contributed by atoms with Gasteiger partial charge in [0.1, 0.15) is 35.4 Å². The van der Waals surface area contributed by atoms with E-state index in [-0.39, 0.29) is 17.1 Å². The van der Waals surface area contributed by atoms with Crippen LogP contribution in [0.4, 0.5) is 4.39 Å². The first-order chi connectivity index (χ1) is 8.99. The minimum absolute atomic E-state index is 0.00837. The van der Waals surface area contributed by atoms with Gasteiger partial charge in [-0.25, -0.2) is 9.37 Å². The topological polar surface area (TPSA) is 95.4 Å². The molecule has 1 aliphatic rings. The number of alkyl halides is 1. The first-order valence-electron chi connectivity index (χ1n) is 5.65. The lowest BCUT2D eigenvalue weighted by Crippen LogP contribution is -2.30. The number of H-pyrrole nitrogens is 1. The Bertz CT molecular complexity index is 580. The van der Waals surface area contributed by atoms with E-state index in [2.05, 4.69) is 15.9 Å². The summed E-state index contributed by atoms with van der Waals surface area (Å²) in [6.07, 6.45) is -0.261. The molecule has 2 rings (SSSR count). The van der Waals surface area contributed by atoms with Gasteiger partial charge in [0.25, 0.3) is 5.56 Å². The Morgan fingerprint density at radius 1 is 1.63 bits per heavy atom. The van der Waals surface area contributed by atoms with Gasteiger partial charge in [-0.05, 0) is 6.92 Å². The van der Waals surface area contributed by atoms with Crippen molar-refractivity contribution >= 4 is 0 Å². The third-order valence-corrected chi connectivity index (χ3v) is 3.02. The van der Waals surface area contributed by atoms with Crippen LogP contribution in [0.3, 0.4) is 0 Å². The number of aryl methyl sites for hydroxylation is 1. The zero-order valence-corrected chi connectivity index (χ0v) is 10.1. The molecular weight excluding hydrogens is 255 g/mol. The van der Waals surface area contributed by atoms with Crippen molar-refractivity contribution in [3.63, 3.8) is 0 Å². The maximum atomic E-state index is 14.0. The molecule has 7 heteroatoms. The van der Waals surface area contributed by atoms with Gasteiger partial charge in [-0.3, -0.25) is 4.79 Å². The molecule has 1 fully saturated rings. The molecule has 0 bridgehead atoms. The predicted molar refractivity (Wildman–Crippen MR) is 63.1 cm³/mol. The minimum atomic E-state index is -1.78. The Morgan fingerprint density at radius 2 is 2.32 bits per heavy atom. The Morgan fingerprint density at radius 3 is 2.84 bits per heavy atom. The van der Waals surface area contributed by atoms with E-state index in [0.29, 0.717) is 0 Å². The Balaban J connectivity index is 2.46. The summed E-state index contributed by atoms with van der Waals surface area (Å²) in [5.74, 6) is 2.20. The number of aliphatic hydroxyl groups excluding tert-OH is 2. The van der Waals surface area contributed by atoms with Crippen LogP contribution in [0.1, 0.15) is 23.2 Å². The van der Waals surface area contributed by atoms with Crippen LogP contribution < -0.4 is 5.56 Å². The highest BCUT2D eigenvalue weighted by atomic mass is 19.1. The van der Waals surface area contributed by atoms with Crippen molar-refractivity contribution in [1.82, 2.24) is 9.97 Å². The number of ether oxygens (including phenoxy) is 1. The molecule has 0 aliphatic carbocycles. The molecule has 102 valence electrons. The molecular formula is C12H13FN2O4. The number of aromatic amines is 1. The fourth-order valence-electron chi connectivity index (χ4n) is 1.97. The number of terminal acetylenes is 1. The first kappa shape index (κ1) is 13.7. The molecule has 4 atom stereocenters. The van der Waals surface area contributed by atoms with Gasteiger partial charge in [-0.1, -0.05) is 5.92 Å². The second-order valence-electron chi connectivity index (χ2n) is 4.27. The monoisotopic (exact) mass is 268 g/mol. The van der Waals surface area contributed by atoms with Crippen molar-refractivity contribution in [2.45, 2.75) is 31.4 Å². The number of nitrogens with one attached hydrogen (secondary N) is 1. The number of aromatic nitrogens is 2. The standard InChI is InChI=1S/C12H13FN2O4/c1-3-6-9(14-5(2)12(18)15-6)11-8(13)10(17)7(4-16)19-11/h1,7-8,10-11,16-17H,4H2,2H3,(H,15,18)/t7-,8+,10?,11-/m1/s1. The summed E-state index contributed by atoms with van der Waals surface area (Å²) in [5, 5.41) is 18.5. The summed E-state index contributed by atoms with van der Waals surface area (Å²) < 4.78 is 19.2. The molecule has 1 aromatic heterocycles. The predicted octanol–water partition coefficient (Wildman–Crippen LogP) is -0.809. The van der Waals surface area contributed by atoms with E-state index < -0.39 is 36.6 Å². The van der Waals surface area contributed by atoms with E-state index >= 15 is 0 Å². The van der Waals surface area contributed by atoms with Gasteiger partial charge < -0.3 is 19.9 Å². The van der Waals surface area contributed by atoms with Crippen LogP contribution in [-0.4, -0.2) is 45.2 Å². The van der Waals surface area contributed by atoms with E-state index in [1.165, 1.54) is 6.92 Å². The third-order valence-electron chi connectivity index (χ3n) is 3.02. The molecule has 0 amide bonds. The molecule has 1 unspecified atom stereocenters. The van der Waals surface area contributed by atoms with Crippen LogP contribution in [0.2, 0.25) is 0 Å². The maximum Gasteiger partial charge on any atom is 0.270 e. The average Bonchev–Trinajstić information content (AvgIpc) is 2.69. The zero-order chi connectivity index (χ0) is 14.2. The number of nitrogens with zero attached hydrogens (tertiary/aromatic N) is 1. The van der Waals surface area contributed by atoms with Crippen molar-refractivity contribution < 1.29 is 19.3 Å². The van der Waals surface area contributed by atoms with Gasteiger partial charge in [-0.15, -0.1) is 6.42 Å². The lowest BCUT2D eigenvalue weighted by molar-refractivity contribution is -0.0239. The van der Waals surface area contributed by atoms with Gasteiger partial charge in [0.05, 0.1) is 6.61 Å². The van der Waals surface area contributed by atoms with Crippen molar-refractivity contribution in [2.75, 3.05) is 6.61 Å². The molecule has 0 radical (unpaired) electrons. The summed E-state index contributed by atoms with van der Waals surface area (Å²) >= 11 is 0. The quantitative estimate of drug-likeness (QED) is 0.610. The van der Waals surface area contributed by atoms with Crippen LogP contribution in [0, 0.1) is 19.3 Å². The molecule has 19 heavy (non-hydrogen) atoms. The average molecular weight is 268 g/mol. The van der Waals surface area contributed by atoms with Crippen LogP contribution in [0.5, 0.6) is 0 Å². The second-order valence-corrected chi connectivity index (χ2v) is 4.27. The fourth-order valence-corrected chi connectivity index (χ4v) is 1.97. The Labute approximate surface area is 108 Å². The fraction of sp³-hybridized carbons (Fsp3) is 0.500. The van der Waals surface area contributed by atoms with Crippen LogP contribution in [-0.2, 0) is 4.74 Å². The lowest BCUT2D eigenvalue weighted by Gasteiger charge is -2.14. The van der Waals surface area contributed by atoms with Gasteiger partial charge in [0.15, 0.2) is 6.17 Å². The zero-order valence-electron chi connectivity index (χ0n) is 10.1. The molecule has 6 nitrogen and oxygen atoms in total. The molecule has 1 saturated heterocycles. The second kappa shape index (κ2) is 5.09. The minimum Gasteiger partial charge on any atom is -0.394 e. The normalized spacial score (nSPS) is 30.3. The van der Waals surface area contributed by atoms with Gasteiger partial charge in [0.2, 0.25) is 0 Å². The molecule has 0 spiro atoms. The summed E-state index contributed by atoms with van der Waals surface area (Å²) in [6.45, 7) is 0.927. The third kappa shape index (κ3) is 2.26. The summed E-state index contributed by atoms with van der Waals surface area (Å²) in [7, 11) is 0. The number of aliphatic hydroxyl groups is 2. The highest BCUT2D eigenvalue weighted by Crippen LogP contribution is 2.35. The van der Waals surface area contributed by atoms with Crippen LogP contribution in [0.25, 0.3) is 0 Å². The number of hydrogen-bond donors (Lipinski definition) is 3. The van der Waals surface area contributed by atoms with E-state index in [4.69, 9.17) is 16.3 Å². The van der Waals surface area contributed by atoms with Gasteiger partial charge in [0, 0.05) is 0 Å². The van der Waals surface area contributed by atoms with E-state index in [1.807, 2.05) is 0 Å². The van der Waals surface area contributed by atoms with E-state index in [0.717, 1.165) is 0 Å². The highest BCUT2D eigenvalue weighted by Gasteiger charge is 2.46. The van der Waals surface area contributed by atoms with Crippen molar-refractivity contribution in [1.29, 1.82) is 0 Å². The van der Waals surface area contributed by atoms with Crippen molar-refractivity contribution in [2.24, 2.45) is 0 Å². The molecule has 1 aromatic rings. The van der Waals surface area contributed by atoms with Crippen molar-refractivity contribution in [3.05, 3.63) is 27.4 Å². The van der Waals surface area contributed by atoms with Gasteiger partial charge in [-0.2, -0.15) is 0 Å². The largest absolute Gasteiger partial charge is 0.394 e. The van der Waals surface area contributed by atoms with Crippen molar-refractivity contribution in [3.8, 4) is 12.3 Å². The van der Waals surface area contributed by atoms with E-state index in [1.54, 1.807) is 0 Å². The summed E-state index contributed by atoms with van der Waals surface area (Å²) in [5.41, 5.74) is -0.299. The first-order valence-corrected chi connectivity index (χ1v) is 5.65. The Kier molecular flexibility index (Phi) is 3.66. The van der Waals surface area contributed by atoms with Gasteiger partial charge >= 0.3 is 0 Å². The highest BCUT2D eigenvalue weighted by molar-refractivity contribution is 5.32. The Hall–Kier alpha value is -1.75. The number of halogens is 1. The molecule has 0 aromatic carbocycles. The molecule has 0 saturated carbocycles. The lowest BCUT2D eigenvalue weighted by atomic mass is 10.1. The smallest absolute Gasteiger partial charge is 0.270 e. The van der Waals surface area contributed by atoms with Crippen LogP contribution >= 0.6 is 0 Å². The summed E-state index contributed by atoms with van der Waals surface area (Å²) in [4.78, 5) is 17.7. The number of rotatable bonds is 2. The molecule has 2 heterocycles. The molecule has 3 N–H and O–H groups in total. The molecule has 1 aliphatic heterocycles.